The Balaban J connectivity index is 2.32. The summed E-state index contributed by atoms with van der Waals surface area (Å²) in [4.78, 5) is 11.1. The summed E-state index contributed by atoms with van der Waals surface area (Å²) in [5, 5.41) is 9.15. The Labute approximate surface area is 89.5 Å². The second-order valence-electron chi connectivity index (χ2n) is 4.18. The van der Waals surface area contributed by atoms with Gasteiger partial charge in [0, 0.05) is 5.56 Å². The van der Waals surface area contributed by atoms with Crippen LogP contribution >= 0.6 is 0 Å². The Bertz CT molecular complexity index is 421. The van der Waals surface area contributed by atoms with Crippen LogP contribution in [-0.4, -0.2) is 5.78 Å². The predicted octanol–water partition coefficient (Wildman–Crippen LogP) is 2.83. The van der Waals surface area contributed by atoms with E-state index in [1.54, 1.807) is 6.92 Å². The monoisotopic (exact) mass is 199 g/mol. The third kappa shape index (κ3) is 1.55. The number of Topliss-reactive ketones (excluding diaryl/α,β-unsaturated/α-hetero) is 1. The van der Waals surface area contributed by atoms with Crippen molar-refractivity contribution >= 4 is 5.78 Å². The van der Waals surface area contributed by atoms with E-state index in [1.807, 2.05) is 24.3 Å². The van der Waals surface area contributed by atoms with Crippen LogP contribution in [0.5, 0.6) is 0 Å². The van der Waals surface area contributed by atoms with Gasteiger partial charge in [0.1, 0.15) is 0 Å². The van der Waals surface area contributed by atoms with E-state index in [9.17, 15) is 4.79 Å². The number of carbonyl (C=O) groups is 1. The smallest absolute Gasteiger partial charge is 0.159 e. The van der Waals surface area contributed by atoms with Gasteiger partial charge in [0.15, 0.2) is 5.78 Å². The van der Waals surface area contributed by atoms with Gasteiger partial charge in [-0.3, -0.25) is 4.79 Å². The van der Waals surface area contributed by atoms with Crippen molar-refractivity contribution in [3.8, 4) is 6.07 Å². The number of benzene rings is 1. The summed E-state index contributed by atoms with van der Waals surface area (Å²) in [7, 11) is 0. The van der Waals surface area contributed by atoms with Crippen molar-refractivity contribution in [2.24, 2.45) is 0 Å². The van der Waals surface area contributed by atoms with E-state index < -0.39 is 0 Å². The van der Waals surface area contributed by atoms with Gasteiger partial charge < -0.3 is 0 Å². The molecule has 0 spiro atoms. The number of ketones is 1. The molecule has 2 nitrogen and oxygen atoms in total. The molecule has 0 saturated heterocycles. The van der Waals surface area contributed by atoms with E-state index in [4.69, 9.17) is 5.26 Å². The third-order valence-corrected chi connectivity index (χ3v) is 3.27. The van der Waals surface area contributed by atoms with Crippen molar-refractivity contribution in [2.45, 2.75) is 31.6 Å². The molecule has 2 heteroatoms. The highest BCUT2D eigenvalue weighted by Crippen LogP contribution is 2.42. The van der Waals surface area contributed by atoms with E-state index in [0.29, 0.717) is 5.56 Å². The lowest BCUT2D eigenvalue weighted by atomic mass is 9.65. The predicted molar refractivity (Wildman–Crippen MR) is 57.6 cm³/mol. The van der Waals surface area contributed by atoms with Crippen LogP contribution in [0.25, 0.3) is 0 Å². The van der Waals surface area contributed by atoms with Crippen molar-refractivity contribution in [3.05, 3.63) is 35.4 Å². The molecular formula is C13H13NO. The molecule has 1 saturated carbocycles. The van der Waals surface area contributed by atoms with Gasteiger partial charge in [0.25, 0.3) is 0 Å². The van der Waals surface area contributed by atoms with Crippen molar-refractivity contribution in [2.75, 3.05) is 0 Å². The molecule has 1 fully saturated rings. The molecule has 0 aliphatic heterocycles. The van der Waals surface area contributed by atoms with Crippen molar-refractivity contribution in [1.29, 1.82) is 5.26 Å². The molecule has 1 aliphatic rings. The SMILES string of the molecule is CC(=O)c1ccc(C2(C#N)CCC2)cc1. The molecule has 2 rings (SSSR count). The molecule has 0 bridgehead atoms. The summed E-state index contributed by atoms with van der Waals surface area (Å²) in [6.45, 7) is 1.55. The lowest BCUT2D eigenvalue weighted by Gasteiger charge is -2.35. The first-order chi connectivity index (χ1) is 7.18. The molecular weight excluding hydrogens is 186 g/mol. The Morgan fingerprint density at radius 1 is 1.33 bits per heavy atom. The van der Waals surface area contributed by atoms with Crippen LogP contribution in [0.4, 0.5) is 0 Å². The summed E-state index contributed by atoms with van der Waals surface area (Å²) in [5.41, 5.74) is 1.50. The number of rotatable bonds is 2. The van der Waals surface area contributed by atoms with E-state index in [2.05, 4.69) is 6.07 Å². The first kappa shape index (κ1) is 9.92. The maximum absolute atomic E-state index is 11.1. The van der Waals surface area contributed by atoms with E-state index in [-0.39, 0.29) is 11.2 Å². The average Bonchev–Trinajstić information content (AvgIpc) is 2.18. The van der Waals surface area contributed by atoms with Crippen molar-refractivity contribution in [1.82, 2.24) is 0 Å². The fourth-order valence-electron chi connectivity index (χ4n) is 2.02. The highest BCUT2D eigenvalue weighted by molar-refractivity contribution is 5.94. The van der Waals surface area contributed by atoms with Gasteiger partial charge in [0.2, 0.25) is 0 Å². The number of hydrogen-bond donors (Lipinski definition) is 0. The Kier molecular flexibility index (Phi) is 2.32. The van der Waals surface area contributed by atoms with E-state index >= 15 is 0 Å². The van der Waals surface area contributed by atoms with Gasteiger partial charge >= 0.3 is 0 Å². The van der Waals surface area contributed by atoms with Crippen LogP contribution in [0.1, 0.15) is 42.1 Å². The summed E-state index contributed by atoms with van der Waals surface area (Å²) >= 11 is 0. The topological polar surface area (TPSA) is 40.9 Å². The first-order valence-electron chi connectivity index (χ1n) is 5.21. The Hall–Kier alpha value is -1.62. The fourth-order valence-corrected chi connectivity index (χ4v) is 2.02. The molecule has 0 atom stereocenters. The van der Waals surface area contributed by atoms with Gasteiger partial charge in [-0.1, -0.05) is 24.3 Å². The van der Waals surface area contributed by atoms with Gasteiger partial charge in [-0.25, -0.2) is 0 Å². The molecule has 0 aromatic heterocycles. The zero-order valence-electron chi connectivity index (χ0n) is 8.79. The van der Waals surface area contributed by atoms with Crippen LogP contribution in [0.2, 0.25) is 0 Å². The second kappa shape index (κ2) is 3.51. The molecule has 0 unspecified atom stereocenters. The van der Waals surface area contributed by atoms with Crippen molar-refractivity contribution < 1.29 is 4.79 Å². The molecule has 0 amide bonds. The lowest BCUT2D eigenvalue weighted by Crippen LogP contribution is -2.32. The largest absolute Gasteiger partial charge is 0.295 e. The minimum Gasteiger partial charge on any atom is -0.295 e. The van der Waals surface area contributed by atoms with Gasteiger partial charge in [-0.15, -0.1) is 0 Å². The Morgan fingerprint density at radius 3 is 2.27 bits per heavy atom. The number of nitrogens with zero attached hydrogens (tertiary/aromatic N) is 1. The number of nitriles is 1. The van der Waals surface area contributed by atoms with Crippen LogP contribution in [0, 0.1) is 11.3 Å². The van der Waals surface area contributed by atoms with Crippen LogP contribution in [0.15, 0.2) is 24.3 Å². The van der Waals surface area contributed by atoms with E-state index in [0.717, 1.165) is 24.8 Å². The zero-order valence-corrected chi connectivity index (χ0v) is 8.79. The summed E-state index contributed by atoms with van der Waals surface area (Å²) < 4.78 is 0. The maximum Gasteiger partial charge on any atom is 0.159 e. The van der Waals surface area contributed by atoms with Gasteiger partial charge in [-0.2, -0.15) is 5.26 Å². The number of carbonyl (C=O) groups excluding carboxylic acids is 1. The highest BCUT2D eigenvalue weighted by atomic mass is 16.1. The summed E-state index contributed by atoms with van der Waals surface area (Å²) in [5.74, 6) is 0.0705. The minimum absolute atomic E-state index is 0.0705. The minimum atomic E-state index is -0.269. The zero-order chi connectivity index (χ0) is 10.9. The first-order valence-corrected chi connectivity index (χ1v) is 5.21. The van der Waals surface area contributed by atoms with Crippen LogP contribution < -0.4 is 0 Å². The second-order valence-corrected chi connectivity index (χ2v) is 4.18. The van der Waals surface area contributed by atoms with Gasteiger partial charge in [-0.05, 0) is 31.7 Å². The molecule has 1 aromatic carbocycles. The molecule has 0 heterocycles. The average molecular weight is 199 g/mol. The molecule has 1 aromatic rings. The molecule has 15 heavy (non-hydrogen) atoms. The normalized spacial score (nSPS) is 17.6. The molecule has 1 aliphatic carbocycles. The number of hydrogen-bond acceptors (Lipinski definition) is 2. The molecule has 76 valence electrons. The molecule has 0 radical (unpaired) electrons. The van der Waals surface area contributed by atoms with E-state index in [1.165, 1.54) is 0 Å². The van der Waals surface area contributed by atoms with Crippen LogP contribution in [0.3, 0.4) is 0 Å². The standard InChI is InChI=1S/C13H13NO/c1-10(15)11-3-5-12(6-4-11)13(9-14)7-2-8-13/h3-6H,2,7-8H2,1H3. The summed E-state index contributed by atoms with van der Waals surface area (Å²) in [6.07, 6.45) is 3.02. The van der Waals surface area contributed by atoms with Gasteiger partial charge in [0.05, 0.1) is 11.5 Å². The summed E-state index contributed by atoms with van der Waals surface area (Å²) in [6, 6.07) is 9.86. The lowest BCUT2D eigenvalue weighted by molar-refractivity contribution is 0.101. The Morgan fingerprint density at radius 2 is 1.93 bits per heavy atom. The van der Waals surface area contributed by atoms with Crippen molar-refractivity contribution in [3.63, 3.8) is 0 Å². The molecule has 0 N–H and O–H groups in total. The maximum atomic E-state index is 11.1. The quantitative estimate of drug-likeness (QED) is 0.687. The van der Waals surface area contributed by atoms with Crippen LogP contribution in [-0.2, 0) is 5.41 Å². The fraction of sp³-hybridized carbons (Fsp3) is 0.385. The third-order valence-electron chi connectivity index (χ3n) is 3.27. The highest BCUT2D eigenvalue weighted by Gasteiger charge is 2.38.